The van der Waals surface area contributed by atoms with Crippen LogP contribution in [-0.2, 0) is 0 Å². The Kier molecular flexibility index (Phi) is 2.94. The number of amidine groups is 1. The third-order valence-corrected chi connectivity index (χ3v) is 1.66. The predicted octanol–water partition coefficient (Wildman–Crippen LogP) is 1.58. The van der Waals surface area contributed by atoms with E-state index in [-0.39, 0.29) is 12.4 Å². The molecule has 0 saturated heterocycles. The van der Waals surface area contributed by atoms with Crippen LogP contribution in [0.15, 0.2) is 30.3 Å². The molecule has 0 heterocycles. The number of hydrogen-bond donors (Lipinski definition) is 2. The van der Waals surface area contributed by atoms with Crippen LogP contribution in [0.3, 0.4) is 0 Å². The van der Waals surface area contributed by atoms with Gasteiger partial charge in [0.1, 0.15) is 5.84 Å². The summed E-state index contributed by atoms with van der Waals surface area (Å²) in [5.41, 5.74) is 6.03. The summed E-state index contributed by atoms with van der Waals surface area (Å²) in [6, 6.07) is 9.38. The highest BCUT2D eigenvalue weighted by Crippen LogP contribution is 2.14. The maximum atomic E-state index is 7.03. The normalized spacial score (nSPS) is 9.42. The minimum Gasteiger partial charge on any atom is -0.386 e. The first-order chi connectivity index (χ1) is 5.70. The van der Waals surface area contributed by atoms with E-state index in [1.54, 1.807) is 0 Å². The van der Waals surface area contributed by atoms with Crippen molar-refractivity contribution in [1.29, 1.82) is 5.41 Å². The summed E-state index contributed by atoms with van der Waals surface area (Å²) in [5.74, 6) is 0.0499. The van der Waals surface area contributed by atoms with E-state index in [0.29, 0.717) is 0 Å². The summed E-state index contributed by atoms with van der Waals surface area (Å²) in [6.45, 7) is 0.242. The smallest absolute Gasteiger partial charge is 0.112 e. The van der Waals surface area contributed by atoms with Crippen LogP contribution < -0.4 is 10.2 Å². The van der Waals surface area contributed by atoms with Crippen LogP contribution >= 0.6 is 11.8 Å². The van der Waals surface area contributed by atoms with E-state index >= 15 is 0 Å². The van der Waals surface area contributed by atoms with Crippen LogP contribution in [0.2, 0.25) is 0 Å². The zero-order valence-corrected chi connectivity index (χ0v) is 7.25. The van der Waals surface area contributed by atoms with Crippen molar-refractivity contribution in [3.63, 3.8) is 0 Å². The Hall–Kier alpha value is -1.22. The van der Waals surface area contributed by atoms with E-state index < -0.39 is 0 Å². The fourth-order valence-electron chi connectivity index (χ4n) is 0.831. The molecule has 0 fully saturated rings. The van der Waals surface area contributed by atoms with Gasteiger partial charge in [0.25, 0.3) is 0 Å². The van der Waals surface area contributed by atoms with E-state index in [9.17, 15) is 0 Å². The first-order valence-corrected chi connectivity index (χ1v) is 3.85. The lowest BCUT2D eigenvalue weighted by molar-refractivity contribution is 1.19. The van der Waals surface area contributed by atoms with E-state index in [1.807, 2.05) is 30.3 Å². The van der Waals surface area contributed by atoms with Crippen molar-refractivity contribution in [3.05, 3.63) is 30.3 Å². The largest absolute Gasteiger partial charge is 0.386 e. The number of nitrogens with one attached hydrogen (secondary N) is 1. The molecule has 1 aromatic rings. The standard InChI is InChI=1S/C8H10ClN3/c9-12(6-8(10)11)7-4-2-1-3-5-7/h1-5H,6H2,(H3,10,11). The van der Waals surface area contributed by atoms with Crippen molar-refractivity contribution >= 4 is 23.3 Å². The third-order valence-electron chi connectivity index (χ3n) is 1.35. The number of nitrogens with zero attached hydrogens (tertiary/aromatic N) is 1. The molecule has 64 valence electrons. The van der Waals surface area contributed by atoms with Gasteiger partial charge in [-0.1, -0.05) is 18.2 Å². The molecule has 0 aliphatic carbocycles. The van der Waals surface area contributed by atoms with Crippen molar-refractivity contribution in [2.24, 2.45) is 5.73 Å². The summed E-state index contributed by atoms with van der Waals surface area (Å²) >= 11 is 5.81. The number of benzene rings is 1. The van der Waals surface area contributed by atoms with Crippen LogP contribution in [0.5, 0.6) is 0 Å². The van der Waals surface area contributed by atoms with Gasteiger partial charge in [-0.3, -0.25) is 9.83 Å². The molecule has 0 saturated carbocycles. The van der Waals surface area contributed by atoms with Crippen molar-refractivity contribution in [2.45, 2.75) is 0 Å². The highest BCUT2D eigenvalue weighted by atomic mass is 35.5. The maximum Gasteiger partial charge on any atom is 0.112 e. The van der Waals surface area contributed by atoms with E-state index in [2.05, 4.69) is 0 Å². The molecule has 0 aliphatic heterocycles. The molecule has 0 aliphatic rings. The molecule has 0 aromatic heterocycles. The molecule has 1 aromatic carbocycles. The van der Waals surface area contributed by atoms with Gasteiger partial charge in [0.2, 0.25) is 0 Å². The van der Waals surface area contributed by atoms with Crippen molar-refractivity contribution in [3.8, 4) is 0 Å². The van der Waals surface area contributed by atoms with Gasteiger partial charge in [-0.2, -0.15) is 0 Å². The Bertz CT molecular complexity index is 260. The third kappa shape index (κ3) is 2.43. The summed E-state index contributed by atoms with van der Waals surface area (Å²) in [7, 11) is 0. The first kappa shape index (κ1) is 8.87. The second-order valence-corrected chi connectivity index (χ2v) is 2.79. The lowest BCUT2D eigenvalue weighted by atomic mass is 10.3. The number of anilines is 1. The summed E-state index contributed by atoms with van der Waals surface area (Å²) < 4.78 is 1.41. The highest BCUT2D eigenvalue weighted by molar-refractivity contribution is 6.27. The molecule has 0 amide bonds. The quantitative estimate of drug-likeness (QED) is 0.425. The number of nitrogens with two attached hydrogens (primary N) is 1. The van der Waals surface area contributed by atoms with Crippen LogP contribution in [0.1, 0.15) is 0 Å². The fraction of sp³-hybridized carbons (Fsp3) is 0.125. The van der Waals surface area contributed by atoms with Gasteiger partial charge >= 0.3 is 0 Å². The van der Waals surface area contributed by atoms with Gasteiger partial charge in [0.05, 0.1) is 12.2 Å². The second-order valence-electron chi connectivity index (χ2n) is 2.38. The molecule has 4 heteroatoms. The SMILES string of the molecule is N=C(N)CN(Cl)c1ccccc1. The minimum absolute atomic E-state index is 0.0499. The van der Waals surface area contributed by atoms with E-state index in [4.69, 9.17) is 22.9 Å². The molecule has 0 bridgehead atoms. The zero-order valence-electron chi connectivity index (χ0n) is 6.50. The Morgan fingerprint density at radius 1 is 1.42 bits per heavy atom. The molecule has 0 atom stereocenters. The number of para-hydroxylation sites is 1. The maximum absolute atomic E-state index is 7.03. The monoisotopic (exact) mass is 183 g/mol. The predicted molar refractivity (Wildman–Crippen MR) is 51.6 cm³/mol. The molecular weight excluding hydrogens is 174 g/mol. The van der Waals surface area contributed by atoms with Crippen LogP contribution in [0, 0.1) is 5.41 Å². The Labute approximate surface area is 76.4 Å². The second kappa shape index (κ2) is 3.97. The zero-order chi connectivity index (χ0) is 8.97. The molecule has 3 nitrogen and oxygen atoms in total. The number of halogens is 1. The van der Waals surface area contributed by atoms with Crippen molar-refractivity contribution in [1.82, 2.24) is 0 Å². The van der Waals surface area contributed by atoms with Crippen molar-refractivity contribution < 1.29 is 0 Å². The highest BCUT2D eigenvalue weighted by Gasteiger charge is 2.02. The summed E-state index contributed by atoms with van der Waals surface area (Å²) in [5, 5.41) is 7.03. The molecule has 0 radical (unpaired) electrons. The van der Waals surface area contributed by atoms with Gasteiger partial charge < -0.3 is 5.73 Å². The van der Waals surface area contributed by atoms with E-state index in [0.717, 1.165) is 5.69 Å². The van der Waals surface area contributed by atoms with Crippen LogP contribution in [0.25, 0.3) is 0 Å². The molecule has 1 rings (SSSR count). The van der Waals surface area contributed by atoms with Crippen LogP contribution in [0.4, 0.5) is 5.69 Å². The average molecular weight is 184 g/mol. The Balaban J connectivity index is 2.65. The molecular formula is C8H10ClN3. The minimum atomic E-state index is 0.0499. The molecule has 0 spiro atoms. The van der Waals surface area contributed by atoms with Gasteiger partial charge in [-0.25, -0.2) is 0 Å². The molecule has 3 N–H and O–H groups in total. The van der Waals surface area contributed by atoms with E-state index in [1.165, 1.54) is 4.42 Å². The summed E-state index contributed by atoms with van der Waals surface area (Å²) in [4.78, 5) is 0. The lowest BCUT2D eigenvalue weighted by Gasteiger charge is -2.13. The van der Waals surface area contributed by atoms with Gasteiger partial charge in [-0.05, 0) is 12.1 Å². The Morgan fingerprint density at radius 3 is 2.50 bits per heavy atom. The molecule has 12 heavy (non-hydrogen) atoms. The number of rotatable bonds is 3. The summed E-state index contributed by atoms with van der Waals surface area (Å²) in [6.07, 6.45) is 0. The van der Waals surface area contributed by atoms with Crippen LogP contribution in [-0.4, -0.2) is 12.4 Å². The molecule has 0 unspecified atom stereocenters. The van der Waals surface area contributed by atoms with Crippen molar-refractivity contribution in [2.75, 3.05) is 11.0 Å². The lowest BCUT2D eigenvalue weighted by Crippen LogP contribution is -2.26. The number of hydrogen-bond acceptors (Lipinski definition) is 2. The average Bonchev–Trinajstić information content (AvgIpc) is 2.05. The Morgan fingerprint density at radius 2 is 2.00 bits per heavy atom. The topological polar surface area (TPSA) is 53.1 Å². The van der Waals surface area contributed by atoms with Gasteiger partial charge in [0.15, 0.2) is 0 Å². The first-order valence-electron chi connectivity index (χ1n) is 3.51. The van der Waals surface area contributed by atoms with Gasteiger partial charge in [-0.15, -0.1) is 0 Å². The van der Waals surface area contributed by atoms with Gasteiger partial charge in [0, 0.05) is 11.8 Å². The fourth-order valence-corrected chi connectivity index (χ4v) is 1.07.